The monoisotopic (exact) mass is 490 g/mol. The Morgan fingerprint density at radius 3 is 2.49 bits per heavy atom. The Hall–Kier alpha value is -4.18. The van der Waals surface area contributed by atoms with E-state index in [4.69, 9.17) is 0 Å². The van der Waals surface area contributed by atoms with E-state index in [1.54, 1.807) is 35.0 Å². The van der Waals surface area contributed by atoms with Gasteiger partial charge in [0.2, 0.25) is 5.91 Å². The molecule has 3 aromatic rings. The van der Waals surface area contributed by atoms with E-state index in [1.165, 1.54) is 18.2 Å². The largest absolute Gasteiger partial charge is 0.324 e. The van der Waals surface area contributed by atoms with Gasteiger partial charge in [0.1, 0.15) is 6.54 Å². The summed E-state index contributed by atoms with van der Waals surface area (Å²) in [7, 11) is 0. The summed E-state index contributed by atoms with van der Waals surface area (Å²) >= 11 is 0.745. The highest BCUT2D eigenvalue weighted by Crippen LogP contribution is 2.33. The number of imide groups is 1. The number of carbonyl (C=O) groups excluding carboxylic acids is 3. The fourth-order valence-electron chi connectivity index (χ4n) is 3.97. The zero-order valence-corrected chi connectivity index (χ0v) is 20.1. The van der Waals surface area contributed by atoms with Crippen LogP contribution in [0.3, 0.4) is 0 Å². The first-order valence-corrected chi connectivity index (χ1v) is 11.5. The lowest BCUT2D eigenvalue weighted by atomic mass is 10.1. The highest BCUT2D eigenvalue weighted by molar-refractivity contribution is 8.18. The average Bonchev–Trinajstić information content (AvgIpc) is 3.36. The molecule has 0 unspecified atom stereocenters. The van der Waals surface area contributed by atoms with Gasteiger partial charge in [0.15, 0.2) is 0 Å². The van der Waals surface area contributed by atoms with E-state index in [-0.39, 0.29) is 10.6 Å². The first kappa shape index (κ1) is 24.0. The molecule has 0 bridgehead atoms. The number of amides is 3. The summed E-state index contributed by atoms with van der Waals surface area (Å²) < 4.78 is 1.68. The first-order valence-electron chi connectivity index (χ1n) is 10.7. The van der Waals surface area contributed by atoms with Crippen LogP contribution in [0.15, 0.2) is 59.6 Å². The molecule has 2 aromatic carbocycles. The SMILES string of the molecule is Cc1cc(C)c(NC(=O)CN2C(=O)S/C(=C\c3cccn3-c3cccc([N+](=O)[O-])c3)C2=O)c(C)c1. The van der Waals surface area contributed by atoms with Crippen LogP contribution >= 0.6 is 11.8 Å². The summed E-state index contributed by atoms with van der Waals surface area (Å²) in [6, 6.07) is 13.4. The Labute approximate surface area is 205 Å². The number of benzene rings is 2. The molecule has 1 aliphatic rings. The van der Waals surface area contributed by atoms with E-state index in [1.807, 2.05) is 32.9 Å². The fourth-order valence-corrected chi connectivity index (χ4v) is 4.80. The van der Waals surface area contributed by atoms with Crippen LogP contribution in [0.2, 0.25) is 0 Å². The molecular formula is C25H22N4O5S. The molecule has 2 heterocycles. The highest BCUT2D eigenvalue weighted by atomic mass is 32.2. The molecule has 178 valence electrons. The maximum Gasteiger partial charge on any atom is 0.294 e. The third kappa shape index (κ3) is 5.02. The van der Waals surface area contributed by atoms with Crippen molar-refractivity contribution in [2.75, 3.05) is 11.9 Å². The predicted molar refractivity (Wildman–Crippen MR) is 134 cm³/mol. The third-order valence-corrected chi connectivity index (χ3v) is 6.40. The van der Waals surface area contributed by atoms with Crippen molar-refractivity contribution in [1.82, 2.24) is 9.47 Å². The maximum atomic E-state index is 12.9. The number of nitro benzene ring substituents is 1. The number of anilines is 1. The number of aromatic nitrogens is 1. The summed E-state index contributed by atoms with van der Waals surface area (Å²) in [6.07, 6.45) is 3.24. The molecule has 35 heavy (non-hydrogen) atoms. The molecule has 0 spiro atoms. The molecule has 0 saturated carbocycles. The molecule has 0 radical (unpaired) electrons. The lowest BCUT2D eigenvalue weighted by Gasteiger charge is -2.16. The Morgan fingerprint density at radius 1 is 1.09 bits per heavy atom. The van der Waals surface area contributed by atoms with Gasteiger partial charge in [-0.05, 0) is 67.9 Å². The van der Waals surface area contributed by atoms with Crippen molar-refractivity contribution >= 4 is 46.3 Å². The number of non-ortho nitro benzene ring substituents is 1. The quantitative estimate of drug-likeness (QED) is 0.296. The summed E-state index contributed by atoms with van der Waals surface area (Å²) in [4.78, 5) is 49.8. The van der Waals surface area contributed by atoms with Gasteiger partial charge in [-0.3, -0.25) is 29.4 Å². The second-order valence-electron chi connectivity index (χ2n) is 8.17. The van der Waals surface area contributed by atoms with Crippen molar-refractivity contribution in [3.63, 3.8) is 0 Å². The number of aryl methyl sites for hydroxylation is 3. The lowest BCUT2D eigenvalue weighted by Crippen LogP contribution is -2.36. The predicted octanol–water partition coefficient (Wildman–Crippen LogP) is 4.99. The van der Waals surface area contributed by atoms with E-state index in [9.17, 15) is 24.5 Å². The minimum atomic E-state index is -0.570. The molecule has 1 aliphatic heterocycles. The number of nitro groups is 1. The number of rotatable bonds is 6. The van der Waals surface area contributed by atoms with E-state index >= 15 is 0 Å². The van der Waals surface area contributed by atoms with Crippen LogP contribution in [-0.4, -0.2) is 38.0 Å². The Morgan fingerprint density at radius 2 is 1.80 bits per heavy atom. The van der Waals surface area contributed by atoms with Gasteiger partial charge in [-0.1, -0.05) is 23.8 Å². The van der Waals surface area contributed by atoms with Crippen LogP contribution in [-0.2, 0) is 9.59 Å². The van der Waals surface area contributed by atoms with Crippen LogP contribution in [0.4, 0.5) is 16.2 Å². The van der Waals surface area contributed by atoms with Crippen LogP contribution in [0.1, 0.15) is 22.4 Å². The van der Waals surface area contributed by atoms with Crippen molar-refractivity contribution in [2.45, 2.75) is 20.8 Å². The molecule has 10 heteroatoms. The van der Waals surface area contributed by atoms with E-state index < -0.39 is 28.5 Å². The van der Waals surface area contributed by atoms with E-state index in [2.05, 4.69) is 5.32 Å². The summed E-state index contributed by atoms with van der Waals surface area (Å²) in [6.45, 7) is 5.33. The minimum absolute atomic E-state index is 0.0625. The number of thioether (sulfide) groups is 1. The van der Waals surface area contributed by atoms with Crippen LogP contribution in [0.25, 0.3) is 11.8 Å². The molecule has 1 fully saturated rings. The highest BCUT2D eigenvalue weighted by Gasteiger charge is 2.36. The van der Waals surface area contributed by atoms with Gasteiger partial charge in [-0.25, -0.2) is 0 Å². The second-order valence-corrected chi connectivity index (χ2v) is 9.16. The fraction of sp³-hybridized carbons (Fsp3) is 0.160. The zero-order valence-electron chi connectivity index (χ0n) is 19.3. The van der Waals surface area contributed by atoms with Crippen molar-refractivity contribution in [2.24, 2.45) is 0 Å². The van der Waals surface area contributed by atoms with Crippen molar-refractivity contribution in [3.05, 3.63) is 92.1 Å². The van der Waals surface area contributed by atoms with Gasteiger partial charge in [-0.15, -0.1) is 0 Å². The number of nitrogens with zero attached hydrogens (tertiary/aromatic N) is 3. The van der Waals surface area contributed by atoms with Gasteiger partial charge in [-0.2, -0.15) is 0 Å². The molecule has 3 amide bonds. The summed E-state index contributed by atoms with van der Waals surface area (Å²) in [5, 5.41) is 13.4. The Balaban J connectivity index is 1.53. The van der Waals surface area contributed by atoms with Gasteiger partial charge < -0.3 is 9.88 Å². The van der Waals surface area contributed by atoms with E-state index in [0.717, 1.165) is 33.4 Å². The third-order valence-electron chi connectivity index (χ3n) is 5.49. The normalized spacial score (nSPS) is 14.6. The first-order chi connectivity index (χ1) is 16.6. The molecule has 1 aromatic heterocycles. The zero-order chi connectivity index (χ0) is 25.3. The van der Waals surface area contributed by atoms with Crippen molar-refractivity contribution in [3.8, 4) is 5.69 Å². The minimum Gasteiger partial charge on any atom is -0.324 e. The molecule has 1 N–H and O–H groups in total. The van der Waals surface area contributed by atoms with Gasteiger partial charge in [0.05, 0.1) is 15.5 Å². The maximum absolute atomic E-state index is 12.9. The Kier molecular flexibility index (Phi) is 6.57. The van der Waals surface area contributed by atoms with Gasteiger partial charge in [0.25, 0.3) is 16.8 Å². The summed E-state index contributed by atoms with van der Waals surface area (Å²) in [5.74, 6) is -1.04. The smallest absolute Gasteiger partial charge is 0.294 e. The van der Waals surface area contributed by atoms with Crippen LogP contribution in [0, 0.1) is 30.9 Å². The number of nitrogens with one attached hydrogen (secondary N) is 1. The van der Waals surface area contributed by atoms with Crippen molar-refractivity contribution < 1.29 is 19.3 Å². The second kappa shape index (κ2) is 9.59. The number of hydrogen-bond donors (Lipinski definition) is 1. The molecule has 1 saturated heterocycles. The molecule has 0 aliphatic carbocycles. The average molecular weight is 491 g/mol. The molecule has 0 atom stereocenters. The summed E-state index contributed by atoms with van der Waals surface area (Å²) in [5.41, 5.74) is 4.57. The van der Waals surface area contributed by atoms with Crippen molar-refractivity contribution in [1.29, 1.82) is 0 Å². The number of hydrogen-bond acceptors (Lipinski definition) is 6. The molecular weight excluding hydrogens is 468 g/mol. The standard InChI is InChI=1S/C25H22N4O5S/c1-15-10-16(2)23(17(3)11-15)26-22(30)14-28-24(31)21(35-25(28)32)13-19-8-5-9-27(19)18-6-4-7-20(12-18)29(33)34/h4-13H,14H2,1-3H3,(H,26,30)/b21-13-. The Bertz CT molecular complexity index is 1390. The number of carbonyl (C=O) groups is 3. The van der Waals surface area contributed by atoms with Gasteiger partial charge in [0, 0.05) is 29.7 Å². The van der Waals surface area contributed by atoms with E-state index in [0.29, 0.717) is 17.1 Å². The molecule has 4 rings (SSSR count). The van der Waals surface area contributed by atoms with Crippen LogP contribution in [0.5, 0.6) is 0 Å². The lowest BCUT2D eigenvalue weighted by molar-refractivity contribution is -0.384. The molecule has 9 nitrogen and oxygen atoms in total. The van der Waals surface area contributed by atoms with Gasteiger partial charge >= 0.3 is 0 Å². The topological polar surface area (TPSA) is 115 Å². The van der Waals surface area contributed by atoms with Crippen LogP contribution < -0.4 is 5.32 Å².